The molecule has 1 atom stereocenters. The molecule has 0 saturated heterocycles. The third kappa shape index (κ3) is 4.10. The lowest BCUT2D eigenvalue weighted by Gasteiger charge is -2.26. The molecule has 0 aliphatic carbocycles. The highest BCUT2D eigenvalue weighted by Gasteiger charge is 2.34. The van der Waals surface area contributed by atoms with E-state index in [9.17, 15) is 9.59 Å². The molecule has 1 aromatic heterocycles. The van der Waals surface area contributed by atoms with Crippen LogP contribution in [0.2, 0.25) is 0 Å². The molecule has 0 bridgehead atoms. The number of nitrogens with zero attached hydrogens (tertiary/aromatic N) is 1. The smallest absolute Gasteiger partial charge is 0.255 e. The first kappa shape index (κ1) is 17.7. The summed E-state index contributed by atoms with van der Waals surface area (Å²) in [5.41, 5.74) is 1.79. The molecule has 0 unspecified atom stereocenters. The van der Waals surface area contributed by atoms with E-state index in [1.54, 1.807) is 11.3 Å². The molecule has 0 radical (unpaired) electrons. The second-order valence-corrected chi connectivity index (χ2v) is 7.84. The van der Waals surface area contributed by atoms with Crippen LogP contribution in [0.5, 0.6) is 0 Å². The van der Waals surface area contributed by atoms with E-state index in [0.29, 0.717) is 25.4 Å². The monoisotopic (exact) mass is 356 g/mol. The lowest BCUT2D eigenvalue weighted by Crippen LogP contribution is -2.34. The summed E-state index contributed by atoms with van der Waals surface area (Å²) in [4.78, 5) is 28.1. The normalized spacial score (nSPS) is 14.7. The predicted octanol–water partition coefficient (Wildman–Crippen LogP) is 4.00. The molecule has 1 aliphatic heterocycles. The highest BCUT2D eigenvalue weighted by atomic mass is 32.1. The van der Waals surface area contributed by atoms with Gasteiger partial charge in [0.15, 0.2) is 0 Å². The summed E-state index contributed by atoms with van der Waals surface area (Å²) >= 11 is 1.60. The number of fused-ring (bicyclic) bond motifs is 1. The van der Waals surface area contributed by atoms with Gasteiger partial charge in [0.25, 0.3) is 5.91 Å². The minimum absolute atomic E-state index is 0.00260. The van der Waals surface area contributed by atoms with Crippen LogP contribution < -0.4 is 5.32 Å². The first-order valence-corrected chi connectivity index (χ1v) is 9.63. The fraction of sp³-hybridized carbons (Fsp3) is 0.400. The van der Waals surface area contributed by atoms with Crippen LogP contribution in [0.4, 0.5) is 0 Å². The summed E-state index contributed by atoms with van der Waals surface area (Å²) < 4.78 is 0. The van der Waals surface area contributed by atoms with E-state index in [0.717, 1.165) is 22.4 Å². The number of carbonyl (C=O) groups is 2. The molecule has 0 saturated carbocycles. The third-order valence-corrected chi connectivity index (χ3v) is 5.49. The SMILES string of the molecule is CC(C)CCNC(=O)C[C@H](c1cccs1)N1Cc2ccccc2C1=O. The molecule has 1 aromatic carbocycles. The van der Waals surface area contributed by atoms with Crippen LogP contribution in [0.25, 0.3) is 0 Å². The molecule has 0 spiro atoms. The van der Waals surface area contributed by atoms with Gasteiger partial charge in [-0.2, -0.15) is 0 Å². The first-order valence-electron chi connectivity index (χ1n) is 8.75. The van der Waals surface area contributed by atoms with Crippen molar-refractivity contribution in [3.05, 3.63) is 57.8 Å². The Bertz CT molecular complexity index is 740. The van der Waals surface area contributed by atoms with Crippen molar-refractivity contribution in [1.82, 2.24) is 10.2 Å². The summed E-state index contributed by atoms with van der Waals surface area (Å²) in [6.45, 7) is 5.53. The fourth-order valence-electron chi connectivity index (χ4n) is 3.12. The Morgan fingerprint density at radius 1 is 1.24 bits per heavy atom. The Hall–Kier alpha value is -2.14. The summed E-state index contributed by atoms with van der Waals surface area (Å²) in [5.74, 6) is 0.579. The van der Waals surface area contributed by atoms with E-state index in [1.807, 2.05) is 46.7 Å². The minimum Gasteiger partial charge on any atom is -0.356 e. The standard InChI is InChI=1S/C20H24N2O2S/c1-14(2)9-10-21-19(23)12-17(18-8-5-11-25-18)22-13-15-6-3-4-7-16(15)20(22)24/h3-8,11,14,17H,9-10,12-13H2,1-2H3,(H,21,23)/t17-/m1/s1. The Morgan fingerprint density at radius 3 is 2.72 bits per heavy atom. The Labute approximate surface area is 152 Å². The maximum Gasteiger partial charge on any atom is 0.255 e. The summed E-state index contributed by atoms with van der Waals surface area (Å²) in [7, 11) is 0. The highest BCUT2D eigenvalue weighted by Crippen LogP contribution is 2.35. The van der Waals surface area contributed by atoms with Crippen LogP contribution in [0.1, 0.15) is 53.5 Å². The second kappa shape index (κ2) is 7.83. The Kier molecular flexibility index (Phi) is 5.53. The highest BCUT2D eigenvalue weighted by molar-refractivity contribution is 7.10. The van der Waals surface area contributed by atoms with E-state index in [4.69, 9.17) is 0 Å². The topological polar surface area (TPSA) is 49.4 Å². The summed E-state index contributed by atoms with van der Waals surface area (Å²) in [6.07, 6.45) is 1.27. The van der Waals surface area contributed by atoms with E-state index in [1.165, 1.54) is 0 Å². The van der Waals surface area contributed by atoms with Crippen LogP contribution in [0.3, 0.4) is 0 Å². The minimum atomic E-state index is -0.209. The van der Waals surface area contributed by atoms with Crippen molar-refractivity contribution in [2.24, 2.45) is 5.92 Å². The van der Waals surface area contributed by atoms with Crippen molar-refractivity contribution in [3.8, 4) is 0 Å². The number of carbonyl (C=O) groups excluding carboxylic acids is 2. The number of nitrogens with one attached hydrogen (secondary N) is 1. The Balaban J connectivity index is 1.74. The van der Waals surface area contributed by atoms with Gasteiger partial charge in [-0.05, 0) is 35.4 Å². The maximum absolute atomic E-state index is 12.8. The molecular weight excluding hydrogens is 332 g/mol. The van der Waals surface area contributed by atoms with Crippen molar-refractivity contribution < 1.29 is 9.59 Å². The van der Waals surface area contributed by atoms with Crippen molar-refractivity contribution in [2.45, 2.75) is 39.3 Å². The lowest BCUT2D eigenvalue weighted by atomic mass is 10.1. The zero-order valence-electron chi connectivity index (χ0n) is 14.7. The molecule has 2 amide bonds. The second-order valence-electron chi connectivity index (χ2n) is 6.86. The number of benzene rings is 1. The largest absolute Gasteiger partial charge is 0.356 e. The van der Waals surface area contributed by atoms with Gasteiger partial charge in [-0.3, -0.25) is 9.59 Å². The van der Waals surface area contributed by atoms with E-state index >= 15 is 0 Å². The van der Waals surface area contributed by atoms with Gasteiger partial charge in [-0.15, -0.1) is 11.3 Å². The van der Waals surface area contributed by atoms with Gasteiger partial charge in [0.2, 0.25) is 5.91 Å². The molecule has 1 aliphatic rings. The molecule has 4 nitrogen and oxygen atoms in total. The maximum atomic E-state index is 12.8. The van der Waals surface area contributed by atoms with Crippen LogP contribution in [0.15, 0.2) is 41.8 Å². The van der Waals surface area contributed by atoms with Crippen LogP contribution >= 0.6 is 11.3 Å². The molecule has 3 rings (SSSR count). The first-order chi connectivity index (χ1) is 12.1. The average molecular weight is 356 g/mol. The molecule has 5 heteroatoms. The van der Waals surface area contributed by atoms with Gasteiger partial charge in [0, 0.05) is 23.5 Å². The number of amides is 2. The molecule has 2 aromatic rings. The molecule has 132 valence electrons. The Morgan fingerprint density at radius 2 is 2.04 bits per heavy atom. The van der Waals surface area contributed by atoms with E-state index in [2.05, 4.69) is 19.2 Å². The van der Waals surface area contributed by atoms with Gasteiger partial charge >= 0.3 is 0 Å². The van der Waals surface area contributed by atoms with Gasteiger partial charge < -0.3 is 10.2 Å². The lowest BCUT2D eigenvalue weighted by molar-refractivity contribution is -0.122. The predicted molar refractivity (Wildman–Crippen MR) is 100 cm³/mol. The van der Waals surface area contributed by atoms with Crippen molar-refractivity contribution in [3.63, 3.8) is 0 Å². The molecule has 2 heterocycles. The molecular formula is C20H24N2O2S. The quantitative estimate of drug-likeness (QED) is 0.815. The fourth-order valence-corrected chi connectivity index (χ4v) is 3.96. The summed E-state index contributed by atoms with van der Waals surface area (Å²) in [6, 6.07) is 11.5. The van der Waals surface area contributed by atoms with Gasteiger partial charge in [0.05, 0.1) is 12.5 Å². The zero-order chi connectivity index (χ0) is 17.8. The number of thiophene rings is 1. The third-order valence-electron chi connectivity index (χ3n) is 4.52. The van der Waals surface area contributed by atoms with Crippen molar-refractivity contribution in [2.75, 3.05) is 6.54 Å². The van der Waals surface area contributed by atoms with Crippen LogP contribution in [-0.4, -0.2) is 23.3 Å². The number of rotatable bonds is 7. The molecule has 25 heavy (non-hydrogen) atoms. The zero-order valence-corrected chi connectivity index (χ0v) is 15.5. The van der Waals surface area contributed by atoms with Gasteiger partial charge in [-0.1, -0.05) is 38.1 Å². The summed E-state index contributed by atoms with van der Waals surface area (Å²) in [5, 5.41) is 4.99. The number of hydrogen-bond acceptors (Lipinski definition) is 3. The van der Waals surface area contributed by atoms with E-state index < -0.39 is 0 Å². The molecule has 1 N–H and O–H groups in total. The van der Waals surface area contributed by atoms with Crippen LogP contribution in [0, 0.1) is 5.92 Å². The van der Waals surface area contributed by atoms with Crippen LogP contribution in [-0.2, 0) is 11.3 Å². The van der Waals surface area contributed by atoms with Crippen molar-refractivity contribution >= 4 is 23.2 Å². The van der Waals surface area contributed by atoms with E-state index in [-0.39, 0.29) is 17.9 Å². The van der Waals surface area contributed by atoms with Crippen molar-refractivity contribution in [1.29, 1.82) is 0 Å². The van der Waals surface area contributed by atoms with Gasteiger partial charge in [-0.25, -0.2) is 0 Å². The molecule has 0 fully saturated rings. The average Bonchev–Trinajstić information content (AvgIpc) is 3.21. The number of hydrogen-bond donors (Lipinski definition) is 1. The van der Waals surface area contributed by atoms with Gasteiger partial charge in [0.1, 0.15) is 0 Å².